The third-order valence-corrected chi connectivity index (χ3v) is 7.15. The van der Waals surface area contributed by atoms with Crippen molar-refractivity contribution in [2.75, 3.05) is 38.7 Å². The number of rotatable bonds is 10. The third kappa shape index (κ3) is 5.44. The number of ether oxygens (including phenoxy) is 2. The Morgan fingerprint density at radius 3 is 2.97 bits per heavy atom. The first-order valence-corrected chi connectivity index (χ1v) is 12.9. The van der Waals surface area contributed by atoms with Gasteiger partial charge in [-0.05, 0) is 67.9 Å². The average molecular weight is 491 g/mol. The minimum absolute atomic E-state index is 0.0473. The number of hydrogen-bond donors (Lipinski definition) is 2. The highest BCUT2D eigenvalue weighted by Crippen LogP contribution is 2.32. The van der Waals surface area contributed by atoms with E-state index in [-0.39, 0.29) is 6.10 Å². The zero-order chi connectivity index (χ0) is 24.9. The number of carbonyl (C=O) groups is 1. The van der Waals surface area contributed by atoms with Crippen molar-refractivity contribution in [2.45, 2.75) is 50.7 Å². The normalized spacial score (nSPS) is 18.5. The molecule has 2 N–H and O–H groups in total. The molecule has 2 aliphatic heterocycles. The Morgan fingerprint density at radius 2 is 2.11 bits per heavy atom. The number of nitrogens with zero attached hydrogens (tertiary/aromatic N) is 3. The molecule has 2 atom stereocenters. The Morgan fingerprint density at radius 1 is 1.19 bits per heavy atom. The summed E-state index contributed by atoms with van der Waals surface area (Å²) in [4.78, 5) is 23.6. The molecule has 4 heterocycles. The molecule has 2 aromatic heterocycles. The molecule has 1 fully saturated rings. The number of fused-ring (bicyclic) bond motifs is 2. The molecule has 0 spiro atoms. The fourth-order valence-corrected chi connectivity index (χ4v) is 5.29. The molecular formula is C28H34N4O4. The summed E-state index contributed by atoms with van der Waals surface area (Å²) < 4.78 is 11.4. The second-order valence-electron chi connectivity index (χ2n) is 9.58. The first-order valence-electron chi connectivity index (χ1n) is 12.9. The molecule has 8 heteroatoms. The molecule has 190 valence electrons. The Labute approximate surface area is 211 Å². The predicted octanol–water partition coefficient (Wildman–Crippen LogP) is 4.24. The number of pyridine rings is 2. The van der Waals surface area contributed by atoms with Gasteiger partial charge < -0.3 is 19.9 Å². The maximum absolute atomic E-state index is 12.3. The summed E-state index contributed by atoms with van der Waals surface area (Å²) in [5.74, 6) is 0.710. The molecular weight excluding hydrogens is 456 g/mol. The van der Waals surface area contributed by atoms with Crippen LogP contribution in [0, 0.1) is 0 Å². The maximum Gasteiger partial charge on any atom is 0.325 e. The molecule has 5 rings (SSSR count). The van der Waals surface area contributed by atoms with Crippen molar-refractivity contribution in [1.82, 2.24) is 14.9 Å². The summed E-state index contributed by atoms with van der Waals surface area (Å²) in [7, 11) is 1.57. The number of likely N-dealkylation sites (tertiary alicyclic amines) is 1. The van der Waals surface area contributed by atoms with Crippen molar-refractivity contribution in [3.05, 3.63) is 59.3 Å². The van der Waals surface area contributed by atoms with Gasteiger partial charge in [-0.3, -0.25) is 9.69 Å². The van der Waals surface area contributed by atoms with Gasteiger partial charge in [-0.1, -0.05) is 18.2 Å². The molecule has 0 aliphatic carbocycles. The molecule has 2 aliphatic rings. The van der Waals surface area contributed by atoms with Crippen LogP contribution in [-0.4, -0.2) is 65.4 Å². The van der Waals surface area contributed by atoms with Crippen LogP contribution in [0.5, 0.6) is 5.88 Å². The molecule has 1 saturated heterocycles. The van der Waals surface area contributed by atoms with E-state index in [0.29, 0.717) is 25.6 Å². The van der Waals surface area contributed by atoms with Gasteiger partial charge in [-0.2, -0.15) is 0 Å². The Hall–Kier alpha value is -3.23. The minimum Gasteiger partial charge on any atom is -0.481 e. The van der Waals surface area contributed by atoms with E-state index in [9.17, 15) is 9.90 Å². The van der Waals surface area contributed by atoms with E-state index in [4.69, 9.17) is 14.5 Å². The second-order valence-corrected chi connectivity index (χ2v) is 9.58. The van der Waals surface area contributed by atoms with Crippen LogP contribution in [0.2, 0.25) is 0 Å². The Bertz CT molecular complexity index is 1220. The predicted molar refractivity (Wildman–Crippen MR) is 139 cm³/mol. The number of aromatic nitrogens is 2. The Balaban J connectivity index is 1.14. The first kappa shape index (κ1) is 24.5. The van der Waals surface area contributed by atoms with Crippen LogP contribution < -0.4 is 10.1 Å². The minimum atomic E-state index is -0.856. The summed E-state index contributed by atoms with van der Waals surface area (Å²) in [5.41, 5.74) is 3.93. The topological polar surface area (TPSA) is 96.8 Å². The quantitative estimate of drug-likeness (QED) is 0.408. The zero-order valence-corrected chi connectivity index (χ0v) is 20.8. The highest BCUT2D eigenvalue weighted by Gasteiger charge is 2.35. The van der Waals surface area contributed by atoms with Gasteiger partial charge in [-0.25, -0.2) is 9.97 Å². The summed E-state index contributed by atoms with van der Waals surface area (Å²) in [6.07, 6.45) is 6.08. The van der Waals surface area contributed by atoms with Crippen LogP contribution in [0.15, 0.2) is 42.5 Å². The molecule has 0 radical (unpaired) electrons. The number of unbranched alkanes of at least 4 members (excludes halogenated alkanes) is 1. The number of aliphatic carboxylic acids is 1. The summed E-state index contributed by atoms with van der Waals surface area (Å²) in [6.45, 7) is 2.98. The standard InChI is InChI=1S/C28H34N4O4/c1-35-25-13-12-22-23(8-4-9-24(22)31-25)26(28(33)34)32-16-14-21(18-32)36-17-3-2-7-20-11-10-19-6-5-15-29-27(19)30-20/h4,8-13,21,26H,2-3,5-7,14-18H2,1H3,(H,29,30)(H,33,34). The highest BCUT2D eigenvalue weighted by molar-refractivity contribution is 5.88. The van der Waals surface area contributed by atoms with Gasteiger partial charge in [0.15, 0.2) is 0 Å². The van der Waals surface area contributed by atoms with Gasteiger partial charge in [0.1, 0.15) is 11.9 Å². The fraction of sp³-hybridized carbons (Fsp3) is 0.464. The molecule has 0 bridgehead atoms. The van der Waals surface area contributed by atoms with E-state index in [1.54, 1.807) is 13.2 Å². The van der Waals surface area contributed by atoms with Gasteiger partial charge in [0, 0.05) is 43.4 Å². The van der Waals surface area contributed by atoms with Crippen LogP contribution >= 0.6 is 0 Å². The smallest absolute Gasteiger partial charge is 0.325 e. The number of anilines is 1. The first-order chi connectivity index (χ1) is 17.6. The van der Waals surface area contributed by atoms with Crippen molar-refractivity contribution in [2.24, 2.45) is 0 Å². The van der Waals surface area contributed by atoms with Crippen molar-refractivity contribution in [3.8, 4) is 5.88 Å². The van der Waals surface area contributed by atoms with Gasteiger partial charge in [-0.15, -0.1) is 0 Å². The van der Waals surface area contributed by atoms with Crippen LogP contribution in [0.3, 0.4) is 0 Å². The van der Waals surface area contributed by atoms with Crippen LogP contribution in [0.4, 0.5) is 5.82 Å². The molecule has 36 heavy (non-hydrogen) atoms. The van der Waals surface area contributed by atoms with E-state index in [2.05, 4.69) is 22.4 Å². The summed E-state index contributed by atoms with van der Waals surface area (Å²) >= 11 is 0. The summed E-state index contributed by atoms with van der Waals surface area (Å²) in [6, 6.07) is 12.9. The number of methoxy groups -OCH3 is 1. The number of carboxylic acids is 1. The number of nitrogens with one attached hydrogen (secondary N) is 1. The lowest BCUT2D eigenvalue weighted by Gasteiger charge is -2.25. The highest BCUT2D eigenvalue weighted by atomic mass is 16.5. The molecule has 3 aromatic rings. The monoisotopic (exact) mass is 490 g/mol. The van der Waals surface area contributed by atoms with Gasteiger partial charge in [0.2, 0.25) is 5.88 Å². The van der Waals surface area contributed by atoms with Crippen LogP contribution in [0.25, 0.3) is 10.9 Å². The molecule has 1 aromatic carbocycles. The van der Waals surface area contributed by atoms with Gasteiger partial charge in [0.05, 0.1) is 18.7 Å². The second kappa shape index (κ2) is 11.2. The van der Waals surface area contributed by atoms with E-state index in [1.165, 1.54) is 12.0 Å². The maximum atomic E-state index is 12.3. The lowest BCUT2D eigenvalue weighted by Crippen LogP contribution is -2.33. The fourth-order valence-electron chi connectivity index (χ4n) is 5.29. The van der Waals surface area contributed by atoms with Crippen molar-refractivity contribution < 1.29 is 19.4 Å². The van der Waals surface area contributed by atoms with E-state index in [0.717, 1.165) is 66.6 Å². The van der Waals surface area contributed by atoms with Crippen molar-refractivity contribution in [1.29, 1.82) is 0 Å². The molecule has 2 unspecified atom stereocenters. The Kier molecular flexibility index (Phi) is 7.63. The molecule has 8 nitrogen and oxygen atoms in total. The number of aryl methyl sites for hydroxylation is 2. The van der Waals surface area contributed by atoms with E-state index >= 15 is 0 Å². The van der Waals surface area contributed by atoms with Crippen LogP contribution in [0.1, 0.15) is 48.5 Å². The lowest BCUT2D eigenvalue weighted by molar-refractivity contribution is -0.143. The number of hydrogen-bond acceptors (Lipinski definition) is 7. The SMILES string of the molecule is COc1ccc2c(C(C(=O)O)N3CCC(OCCCCc4ccc5c(n4)NCCC5)C3)cccc2n1. The largest absolute Gasteiger partial charge is 0.481 e. The van der Waals surface area contributed by atoms with Crippen molar-refractivity contribution >= 4 is 22.7 Å². The number of benzene rings is 1. The lowest BCUT2D eigenvalue weighted by atomic mass is 10.00. The average Bonchev–Trinajstić information content (AvgIpc) is 3.36. The summed E-state index contributed by atoms with van der Waals surface area (Å²) in [5, 5.41) is 14.4. The third-order valence-electron chi connectivity index (χ3n) is 7.15. The molecule has 0 amide bonds. The van der Waals surface area contributed by atoms with E-state index < -0.39 is 12.0 Å². The van der Waals surface area contributed by atoms with Gasteiger partial charge in [0.25, 0.3) is 0 Å². The number of carboxylic acid groups (broad SMARTS) is 1. The van der Waals surface area contributed by atoms with Crippen LogP contribution in [-0.2, 0) is 22.4 Å². The zero-order valence-electron chi connectivity index (χ0n) is 20.8. The van der Waals surface area contributed by atoms with E-state index in [1.807, 2.05) is 29.2 Å². The van der Waals surface area contributed by atoms with Crippen molar-refractivity contribution in [3.63, 3.8) is 0 Å². The van der Waals surface area contributed by atoms with Gasteiger partial charge >= 0.3 is 5.97 Å². The molecule has 0 saturated carbocycles.